The minimum absolute atomic E-state index is 0.351. The van der Waals surface area contributed by atoms with E-state index in [0.29, 0.717) is 5.56 Å². The normalized spacial score (nSPS) is 21.5. The first-order chi connectivity index (χ1) is 8.78. The molecule has 0 bridgehead atoms. The van der Waals surface area contributed by atoms with Crippen LogP contribution in [-0.4, -0.2) is 13.1 Å². The third-order valence-electron chi connectivity index (χ3n) is 3.18. The van der Waals surface area contributed by atoms with Crippen molar-refractivity contribution in [3.05, 3.63) is 71.3 Å². The van der Waals surface area contributed by atoms with E-state index in [1.54, 1.807) is 13.2 Å². The molecule has 90 valence electrons. The Labute approximate surface area is 105 Å². The van der Waals surface area contributed by atoms with E-state index in [-0.39, 0.29) is 5.97 Å². The zero-order valence-electron chi connectivity index (χ0n) is 9.92. The second-order valence-corrected chi connectivity index (χ2v) is 4.12. The largest absolute Gasteiger partial charge is 0.420 e. The lowest BCUT2D eigenvalue weighted by molar-refractivity contribution is -0.154. The molecule has 3 rings (SSSR count). The van der Waals surface area contributed by atoms with Crippen LogP contribution in [0.4, 0.5) is 0 Å². The van der Waals surface area contributed by atoms with Gasteiger partial charge in [0, 0.05) is 18.2 Å². The second kappa shape index (κ2) is 3.96. The number of ether oxygens (including phenoxy) is 2. The summed E-state index contributed by atoms with van der Waals surface area (Å²) in [5.41, 5.74) is 2.12. The molecule has 2 aromatic rings. The van der Waals surface area contributed by atoms with Gasteiger partial charge in [-0.3, -0.25) is 0 Å². The van der Waals surface area contributed by atoms with Crippen LogP contribution in [0.1, 0.15) is 21.5 Å². The zero-order chi connectivity index (χ0) is 12.6. The molecule has 0 saturated carbocycles. The van der Waals surface area contributed by atoms with Gasteiger partial charge in [0.15, 0.2) is 0 Å². The molecule has 0 saturated heterocycles. The van der Waals surface area contributed by atoms with Crippen LogP contribution in [0.15, 0.2) is 54.6 Å². The highest BCUT2D eigenvalue weighted by molar-refractivity contribution is 5.95. The van der Waals surface area contributed by atoms with Gasteiger partial charge in [-0.15, -0.1) is 0 Å². The maximum absolute atomic E-state index is 11.9. The summed E-state index contributed by atoms with van der Waals surface area (Å²) in [7, 11) is 1.54. The predicted molar refractivity (Wildman–Crippen MR) is 66.1 cm³/mol. The first kappa shape index (κ1) is 11.0. The molecular formula is C15H12O3. The smallest absolute Gasteiger partial charge is 0.341 e. The van der Waals surface area contributed by atoms with Crippen LogP contribution in [0, 0.1) is 0 Å². The second-order valence-electron chi connectivity index (χ2n) is 4.12. The summed E-state index contributed by atoms with van der Waals surface area (Å²) in [6, 6.07) is 16.8. The van der Waals surface area contributed by atoms with E-state index in [9.17, 15) is 4.79 Å². The monoisotopic (exact) mass is 240 g/mol. The molecule has 2 aromatic carbocycles. The molecule has 1 aliphatic rings. The number of esters is 1. The highest BCUT2D eigenvalue weighted by atomic mass is 16.7. The summed E-state index contributed by atoms with van der Waals surface area (Å²) in [5, 5.41) is 0. The Hall–Kier alpha value is -2.13. The van der Waals surface area contributed by atoms with Crippen molar-refractivity contribution in [3.63, 3.8) is 0 Å². The standard InChI is InChI=1S/C15H12O3/c1-17-15(11-7-3-2-4-8-11)13-10-6-5-9-12(13)14(16)18-15/h2-10H,1H3/t15-/m0/s1. The molecule has 0 unspecified atom stereocenters. The molecule has 0 amide bonds. The lowest BCUT2D eigenvalue weighted by Crippen LogP contribution is -2.29. The van der Waals surface area contributed by atoms with E-state index in [0.717, 1.165) is 11.1 Å². The summed E-state index contributed by atoms with van der Waals surface area (Å²) in [4.78, 5) is 11.9. The van der Waals surface area contributed by atoms with Gasteiger partial charge >= 0.3 is 5.97 Å². The van der Waals surface area contributed by atoms with E-state index < -0.39 is 5.79 Å². The van der Waals surface area contributed by atoms with Gasteiger partial charge in [0.25, 0.3) is 5.79 Å². The number of cyclic esters (lactones) is 1. The van der Waals surface area contributed by atoms with E-state index in [1.165, 1.54) is 0 Å². The average Bonchev–Trinajstić information content (AvgIpc) is 2.74. The van der Waals surface area contributed by atoms with Gasteiger partial charge in [0.2, 0.25) is 0 Å². The fraction of sp³-hybridized carbons (Fsp3) is 0.133. The van der Waals surface area contributed by atoms with Gasteiger partial charge in [-0.2, -0.15) is 0 Å². The molecule has 1 atom stereocenters. The number of carbonyl (C=O) groups excluding carboxylic acids is 1. The maximum Gasteiger partial charge on any atom is 0.341 e. The van der Waals surface area contributed by atoms with E-state index in [4.69, 9.17) is 9.47 Å². The first-order valence-electron chi connectivity index (χ1n) is 5.71. The average molecular weight is 240 g/mol. The number of fused-ring (bicyclic) bond motifs is 1. The van der Waals surface area contributed by atoms with Crippen LogP contribution in [0.5, 0.6) is 0 Å². The van der Waals surface area contributed by atoms with Gasteiger partial charge in [-0.25, -0.2) is 4.79 Å². The van der Waals surface area contributed by atoms with Gasteiger partial charge in [0.1, 0.15) is 0 Å². The summed E-state index contributed by atoms with van der Waals surface area (Å²) in [5.74, 6) is -1.47. The number of hydrogen-bond acceptors (Lipinski definition) is 3. The van der Waals surface area contributed by atoms with Gasteiger partial charge in [-0.1, -0.05) is 48.5 Å². The van der Waals surface area contributed by atoms with E-state index in [2.05, 4.69) is 0 Å². The Kier molecular flexibility index (Phi) is 2.42. The van der Waals surface area contributed by atoms with Crippen LogP contribution in [0.25, 0.3) is 0 Å². The van der Waals surface area contributed by atoms with Gasteiger partial charge in [0.05, 0.1) is 5.56 Å². The summed E-state index contributed by atoms with van der Waals surface area (Å²) >= 11 is 0. The fourth-order valence-corrected chi connectivity index (χ4v) is 2.33. The van der Waals surface area contributed by atoms with Crippen molar-refractivity contribution in [3.8, 4) is 0 Å². The van der Waals surface area contributed by atoms with Crippen LogP contribution in [0.3, 0.4) is 0 Å². The maximum atomic E-state index is 11.9. The number of hydrogen-bond donors (Lipinski definition) is 0. The molecule has 0 fully saturated rings. The summed E-state index contributed by atoms with van der Waals surface area (Å²) in [6.07, 6.45) is 0. The molecule has 1 aliphatic heterocycles. The van der Waals surface area contributed by atoms with Crippen LogP contribution < -0.4 is 0 Å². The summed E-state index contributed by atoms with van der Waals surface area (Å²) < 4.78 is 11.0. The van der Waals surface area contributed by atoms with Crippen molar-refractivity contribution in [2.75, 3.05) is 7.11 Å². The minimum atomic E-state index is -1.12. The molecule has 1 heterocycles. The van der Waals surface area contributed by atoms with Crippen LogP contribution in [-0.2, 0) is 15.3 Å². The lowest BCUT2D eigenvalue weighted by Gasteiger charge is -2.27. The highest BCUT2D eigenvalue weighted by Crippen LogP contribution is 2.42. The van der Waals surface area contributed by atoms with Crippen molar-refractivity contribution in [2.24, 2.45) is 0 Å². The Morgan fingerprint density at radius 3 is 2.39 bits per heavy atom. The lowest BCUT2D eigenvalue weighted by atomic mass is 9.95. The van der Waals surface area contributed by atoms with Crippen molar-refractivity contribution >= 4 is 5.97 Å². The number of benzene rings is 2. The molecule has 0 aliphatic carbocycles. The number of rotatable bonds is 2. The Bertz CT molecular complexity index is 592. The third-order valence-corrected chi connectivity index (χ3v) is 3.18. The van der Waals surface area contributed by atoms with Crippen LogP contribution >= 0.6 is 0 Å². The molecule has 0 radical (unpaired) electrons. The number of methoxy groups -OCH3 is 1. The SMILES string of the molecule is CO[C@@]1(c2ccccc2)OC(=O)c2ccccc21. The minimum Gasteiger partial charge on any atom is -0.420 e. The van der Waals surface area contributed by atoms with Crippen molar-refractivity contribution in [1.82, 2.24) is 0 Å². The molecule has 0 spiro atoms. The summed E-state index contributed by atoms with van der Waals surface area (Å²) in [6.45, 7) is 0. The Morgan fingerprint density at radius 2 is 1.67 bits per heavy atom. The fourth-order valence-electron chi connectivity index (χ4n) is 2.33. The first-order valence-corrected chi connectivity index (χ1v) is 5.71. The number of carbonyl (C=O) groups is 1. The molecule has 3 heteroatoms. The van der Waals surface area contributed by atoms with Crippen molar-refractivity contribution in [1.29, 1.82) is 0 Å². The molecule has 0 aromatic heterocycles. The predicted octanol–water partition coefficient (Wildman–Crippen LogP) is 2.70. The van der Waals surface area contributed by atoms with E-state index >= 15 is 0 Å². The van der Waals surface area contributed by atoms with Gasteiger partial charge in [-0.05, 0) is 6.07 Å². The van der Waals surface area contributed by atoms with Crippen LogP contribution in [0.2, 0.25) is 0 Å². The third kappa shape index (κ3) is 1.38. The Balaban J connectivity index is 2.24. The van der Waals surface area contributed by atoms with E-state index in [1.807, 2.05) is 48.5 Å². The molecular weight excluding hydrogens is 228 g/mol. The molecule has 0 N–H and O–H groups in total. The molecule has 18 heavy (non-hydrogen) atoms. The zero-order valence-corrected chi connectivity index (χ0v) is 9.92. The van der Waals surface area contributed by atoms with Crippen molar-refractivity contribution < 1.29 is 14.3 Å². The van der Waals surface area contributed by atoms with Gasteiger partial charge < -0.3 is 9.47 Å². The Morgan fingerprint density at radius 1 is 1.00 bits per heavy atom. The highest BCUT2D eigenvalue weighted by Gasteiger charge is 2.47. The topological polar surface area (TPSA) is 35.5 Å². The molecule has 3 nitrogen and oxygen atoms in total. The quantitative estimate of drug-likeness (QED) is 0.757. The van der Waals surface area contributed by atoms with Crippen molar-refractivity contribution in [2.45, 2.75) is 5.79 Å².